The molecule has 2 aliphatic carbocycles. The number of fused-ring (bicyclic) bond motifs is 1. The molecule has 2 aliphatic rings. The Bertz CT molecular complexity index is 521. The Morgan fingerprint density at radius 2 is 1.90 bits per heavy atom. The molecule has 1 saturated carbocycles. The molecule has 0 amide bonds. The van der Waals surface area contributed by atoms with Gasteiger partial charge in [-0.25, -0.2) is 0 Å². The second-order valence-corrected chi connectivity index (χ2v) is 9.81. The average molecular weight is 406 g/mol. The summed E-state index contributed by atoms with van der Waals surface area (Å²) in [4.78, 5) is 2.51. The van der Waals surface area contributed by atoms with Crippen LogP contribution >= 0.6 is 0 Å². The number of nitrogens with zero attached hydrogens (tertiary/aromatic N) is 1. The zero-order valence-corrected chi connectivity index (χ0v) is 19.6. The van der Waals surface area contributed by atoms with Gasteiger partial charge in [0.25, 0.3) is 0 Å². The molecule has 0 aromatic carbocycles. The molecule has 0 unspecified atom stereocenters. The predicted octanol–water partition coefficient (Wildman–Crippen LogP) is 5.72. The van der Waals surface area contributed by atoms with Crippen LogP contribution in [0, 0.1) is 17.8 Å². The van der Waals surface area contributed by atoms with Crippen molar-refractivity contribution in [3.63, 3.8) is 0 Å². The number of hydrogen-bond donors (Lipinski definition) is 2. The number of unbranched alkanes of at least 4 members (excludes halogenated alkanes) is 3. The first-order valence-electron chi connectivity index (χ1n) is 12.4. The van der Waals surface area contributed by atoms with E-state index < -0.39 is 5.60 Å². The molecule has 5 atom stereocenters. The second-order valence-electron chi connectivity index (χ2n) is 9.81. The fourth-order valence-corrected chi connectivity index (χ4v) is 5.33. The third-order valence-electron chi connectivity index (χ3n) is 7.30. The van der Waals surface area contributed by atoms with Gasteiger partial charge >= 0.3 is 0 Å². The van der Waals surface area contributed by atoms with Crippen molar-refractivity contribution in [3.8, 4) is 0 Å². The van der Waals surface area contributed by atoms with Gasteiger partial charge < -0.3 is 15.1 Å². The first-order chi connectivity index (χ1) is 13.9. The summed E-state index contributed by atoms with van der Waals surface area (Å²) >= 11 is 0. The van der Waals surface area contributed by atoms with Gasteiger partial charge in [0.1, 0.15) is 0 Å². The zero-order valence-electron chi connectivity index (χ0n) is 19.6. The molecule has 0 aromatic heterocycles. The van der Waals surface area contributed by atoms with E-state index in [1.165, 1.54) is 38.6 Å². The van der Waals surface area contributed by atoms with E-state index in [0.29, 0.717) is 18.3 Å². The van der Waals surface area contributed by atoms with E-state index in [1.807, 2.05) is 6.92 Å². The van der Waals surface area contributed by atoms with Crippen LogP contribution in [0.25, 0.3) is 0 Å². The van der Waals surface area contributed by atoms with E-state index in [2.05, 4.69) is 43.9 Å². The lowest BCUT2D eigenvalue weighted by atomic mass is 9.87. The summed E-state index contributed by atoms with van der Waals surface area (Å²) in [6.07, 6.45) is 17.6. The van der Waals surface area contributed by atoms with Gasteiger partial charge in [0.15, 0.2) is 0 Å². The molecular formula is C26H47NO2. The third kappa shape index (κ3) is 7.84. The minimum absolute atomic E-state index is 0.214. The normalized spacial score (nSPS) is 28.9. The van der Waals surface area contributed by atoms with Crippen LogP contribution in [-0.4, -0.2) is 46.5 Å². The van der Waals surface area contributed by atoms with Crippen LogP contribution in [0.15, 0.2) is 23.8 Å². The molecule has 29 heavy (non-hydrogen) atoms. The van der Waals surface area contributed by atoms with Crippen molar-refractivity contribution in [2.75, 3.05) is 19.6 Å². The highest BCUT2D eigenvalue weighted by molar-refractivity contribution is 5.20. The number of allylic oxidation sites excluding steroid dienone is 2. The minimum Gasteiger partial charge on any atom is -0.392 e. The summed E-state index contributed by atoms with van der Waals surface area (Å²) < 4.78 is 0. The van der Waals surface area contributed by atoms with Gasteiger partial charge in [0.2, 0.25) is 0 Å². The van der Waals surface area contributed by atoms with Crippen molar-refractivity contribution in [2.24, 2.45) is 17.8 Å². The maximum absolute atomic E-state index is 10.5. The van der Waals surface area contributed by atoms with Crippen LogP contribution in [0.3, 0.4) is 0 Å². The molecule has 168 valence electrons. The van der Waals surface area contributed by atoms with Crippen LogP contribution in [0.5, 0.6) is 0 Å². The molecule has 0 saturated heterocycles. The molecule has 0 aliphatic heterocycles. The number of aliphatic hydroxyl groups is 2. The number of aliphatic hydroxyl groups excluding tert-OH is 1. The monoisotopic (exact) mass is 405 g/mol. The molecule has 0 bridgehead atoms. The Morgan fingerprint density at radius 3 is 2.59 bits per heavy atom. The molecule has 0 heterocycles. The Hall–Kier alpha value is -0.640. The van der Waals surface area contributed by atoms with Gasteiger partial charge in [0.05, 0.1) is 11.7 Å². The molecule has 0 spiro atoms. The van der Waals surface area contributed by atoms with Gasteiger partial charge in [-0.05, 0) is 83.3 Å². The van der Waals surface area contributed by atoms with Crippen molar-refractivity contribution < 1.29 is 10.2 Å². The van der Waals surface area contributed by atoms with Crippen LogP contribution in [0.4, 0.5) is 0 Å². The lowest BCUT2D eigenvalue weighted by molar-refractivity contribution is 0.0513. The highest BCUT2D eigenvalue weighted by atomic mass is 16.3. The molecule has 2 N–H and O–H groups in total. The van der Waals surface area contributed by atoms with Gasteiger partial charge in [-0.15, -0.1) is 0 Å². The van der Waals surface area contributed by atoms with Crippen molar-refractivity contribution in [3.05, 3.63) is 23.8 Å². The largest absolute Gasteiger partial charge is 0.392 e. The number of hydrogen-bond acceptors (Lipinski definition) is 3. The fourth-order valence-electron chi connectivity index (χ4n) is 5.33. The van der Waals surface area contributed by atoms with E-state index in [9.17, 15) is 10.2 Å². The Labute approximate surface area is 180 Å². The van der Waals surface area contributed by atoms with Crippen LogP contribution in [0.2, 0.25) is 0 Å². The second kappa shape index (κ2) is 12.3. The van der Waals surface area contributed by atoms with E-state index in [4.69, 9.17) is 0 Å². The molecule has 0 aromatic rings. The van der Waals surface area contributed by atoms with Gasteiger partial charge in [-0.2, -0.15) is 0 Å². The SMILES string of the molecule is CCCC[C@@](C)(O)C/C=C/[C@@H]1[C@H]2CC(CCCCCN(CC)CC)=C[C@H]2C[C@H]1O. The summed E-state index contributed by atoms with van der Waals surface area (Å²) in [7, 11) is 0. The van der Waals surface area contributed by atoms with E-state index in [1.54, 1.807) is 5.57 Å². The fraction of sp³-hybridized carbons (Fsp3) is 0.846. The van der Waals surface area contributed by atoms with Crippen LogP contribution < -0.4 is 0 Å². The zero-order chi connectivity index (χ0) is 21.3. The average Bonchev–Trinajstić information content (AvgIpc) is 3.20. The topological polar surface area (TPSA) is 43.7 Å². The van der Waals surface area contributed by atoms with Crippen molar-refractivity contribution in [1.82, 2.24) is 4.90 Å². The molecule has 3 nitrogen and oxygen atoms in total. The maximum Gasteiger partial charge on any atom is 0.0654 e. The highest BCUT2D eigenvalue weighted by Crippen LogP contribution is 2.48. The standard InChI is InChI=1S/C26H47NO2/c1-5-8-15-26(4,29)16-12-14-23-24-19-21(18-22(24)20-25(23)28)13-10-9-11-17-27(6-2)7-3/h12,14,18,22-25,28-29H,5-11,13,15-17,19-20H2,1-4H3/b14-12+/t22-,23+,24-,25+,26+/m0/s1. The molecule has 0 radical (unpaired) electrons. The summed E-state index contributed by atoms with van der Waals surface area (Å²) in [6, 6.07) is 0. The van der Waals surface area contributed by atoms with Crippen LogP contribution in [-0.2, 0) is 0 Å². The van der Waals surface area contributed by atoms with E-state index in [-0.39, 0.29) is 12.0 Å². The summed E-state index contributed by atoms with van der Waals surface area (Å²) in [6.45, 7) is 12.2. The first kappa shape index (κ1) is 24.6. The number of rotatable bonds is 14. The summed E-state index contributed by atoms with van der Waals surface area (Å²) in [5.41, 5.74) is 1.02. The third-order valence-corrected chi connectivity index (χ3v) is 7.30. The molecule has 3 heteroatoms. The quantitative estimate of drug-likeness (QED) is 0.287. The van der Waals surface area contributed by atoms with E-state index in [0.717, 1.165) is 38.8 Å². The van der Waals surface area contributed by atoms with Crippen molar-refractivity contribution in [1.29, 1.82) is 0 Å². The summed E-state index contributed by atoms with van der Waals surface area (Å²) in [5, 5.41) is 21.0. The Morgan fingerprint density at radius 1 is 1.14 bits per heavy atom. The maximum atomic E-state index is 10.5. The molecular weight excluding hydrogens is 358 g/mol. The smallest absolute Gasteiger partial charge is 0.0654 e. The van der Waals surface area contributed by atoms with Crippen molar-refractivity contribution >= 4 is 0 Å². The van der Waals surface area contributed by atoms with Gasteiger partial charge in [0, 0.05) is 5.92 Å². The Kier molecular flexibility index (Phi) is 10.4. The summed E-state index contributed by atoms with van der Waals surface area (Å²) in [5.74, 6) is 1.40. The van der Waals surface area contributed by atoms with E-state index >= 15 is 0 Å². The molecule has 2 rings (SSSR count). The van der Waals surface area contributed by atoms with Gasteiger partial charge in [-0.1, -0.05) is 63.8 Å². The van der Waals surface area contributed by atoms with Crippen molar-refractivity contribution in [2.45, 2.75) is 104 Å². The highest BCUT2D eigenvalue weighted by Gasteiger charge is 2.43. The lowest BCUT2D eigenvalue weighted by Crippen LogP contribution is -2.23. The molecule has 1 fully saturated rings. The lowest BCUT2D eigenvalue weighted by Gasteiger charge is -2.22. The minimum atomic E-state index is -0.611. The first-order valence-corrected chi connectivity index (χ1v) is 12.4. The van der Waals surface area contributed by atoms with Gasteiger partial charge in [-0.3, -0.25) is 0 Å². The Balaban J connectivity index is 1.73. The predicted molar refractivity (Wildman–Crippen MR) is 124 cm³/mol. The van der Waals surface area contributed by atoms with Crippen LogP contribution in [0.1, 0.15) is 91.9 Å².